The molecule has 0 saturated heterocycles. The topological polar surface area (TPSA) is 66.8 Å². The monoisotopic (exact) mass is 283 g/mol. The molecule has 0 aromatic heterocycles. The number of carboxylic acid groups (broad SMARTS) is 1. The third-order valence-corrected chi connectivity index (χ3v) is 2.60. The van der Waals surface area contributed by atoms with Gasteiger partial charge in [-0.15, -0.1) is 0 Å². The van der Waals surface area contributed by atoms with Crippen LogP contribution in [0.4, 0.5) is 13.2 Å². The molecule has 0 atom stereocenters. The molecule has 0 aromatic carbocycles. The molecule has 1 fully saturated rings. The highest BCUT2D eigenvalue weighted by Gasteiger charge is 2.32. The standard InChI is InChI=1S/C11H16F3NO4/c12-11(13,14)7-19-6-4-9(16)15(8-1-2-8)5-3-10(17)18/h8H,1-7H2,(H,17,18). The Kier molecular flexibility index (Phi) is 5.59. The smallest absolute Gasteiger partial charge is 0.411 e. The van der Waals surface area contributed by atoms with Gasteiger partial charge in [0.2, 0.25) is 5.91 Å². The Morgan fingerprint density at radius 1 is 1.26 bits per heavy atom. The number of nitrogens with zero attached hydrogens (tertiary/aromatic N) is 1. The molecular weight excluding hydrogens is 267 g/mol. The minimum atomic E-state index is -4.40. The van der Waals surface area contributed by atoms with Crippen molar-refractivity contribution >= 4 is 11.9 Å². The molecule has 0 spiro atoms. The second-order valence-electron chi connectivity index (χ2n) is 4.38. The summed E-state index contributed by atoms with van der Waals surface area (Å²) in [4.78, 5) is 23.6. The maximum absolute atomic E-state index is 11.8. The van der Waals surface area contributed by atoms with E-state index in [1.54, 1.807) is 0 Å². The molecule has 8 heteroatoms. The molecule has 1 aliphatic carbocycles. The molecule has 1 aliphatic rings. The number of amides is 1. The van der Waals surface area contributed by atoms with Gasteiger partial charge in [-0.25, -0.2) is 0 Å². The molecule has 0 heterocycles. The number of halogens is 3. The van der Waals surface area contributed by atoms with Crippen molar-refractivity contribution in [1.82, 2.24) is 4.90 Å². The Labute approximate surface area is 108 Å². The van der Waals surface area contributed by atoms with E-state index in [4.69, 9.17) is 5.11 Å². The van der Waals surface area contributed by atoms with Gasteiger partial charge in [-0.05, 0) is 12.8 Å². The fourth-order valence-corrected chi connectivity index (χ4v) is 1.60. The first kappa shape index (κ1) is 15.7. The van der Waals surface area contributed by atoms with Gasteiger partial charge in [-0.3, -0.25) is 9.59 Å². The van der Waals surface area contributed by atoms with Gasteiger partial charge in [0.05, 0.1) is 19.4 Å². The average molecular weight is 283 g/mol. The first-order chi connectivity index (χ1) is 8.79. The zero-order chi connectivity index (χ0) is 14.5. The summed E-state index contributed by atoms with van der Waals surface area (Å²) >= 11 is 0. The quantitative estimate of drug-likeness (QED) is 0.684. The zero-order valence-electron chi connectivity index (χ0n) is 10.3. The van der Waals surface area contributed by atoms with E-state index < -0.39 is 18.8 Å². The fourth-order valence-electron chi connectivity index (χ4n) is 1.60. The normalized spacial score (nSPS) is 15.3. The van der Waals surface area contributed by atoms with Crippen LogP contribution in [0.3, 0.4) is 0 Å². The Morgan fingerprint density at radius 2 is 1.89 bits per heavy atom. The molecule has 110 valence electrons. The highest BCUT2D eigenvalue weighted by atomic mass is 19.4. The van der Waals surface area contributed by atoms with E-state index in [0.717, 1.165) is 12.8 Å². The van der Waals surface area contributed by atoms with Crippen LogP contribution in [0.2, 0.25) is 0 Å². The molecule has 0 radical (unpaired) electrons. The molecule has 5 nitrogen and oxygen atoms in total. The van der Waals surface area contributed by atoms with Crippen molar-refractivity contribution in [3.63, 3.8) is 0 Å². The van der Waals surface area contributed by atoms with E-state index in [9.17, 15) is 22.8 Å². The number of aliphatic carboxylic acids is 1. The van der Waals surface area contributed by atoms with Gasteiger partial charge in [-0.2, -0.15) is 13.2 Å². The van der Waals surface area contributed by atoms with E-state index in [2.05, 4.69) is 4.74 Å². The Morgan fingerprint density at radius 3 is 2.37 bits per heavy atom. The zero-order valence-corrected chi connectivity index (χ0v) is 10.3. The maximum Gasteiger partial charge on any atom is 0.411 e. The van der Waals surface area contributed by atoms with Gasteiger partial charge in [0.25, 0.3) is 0 Å². The van der Waals surface area contributed by atoms with E-state index in [1.165, 1.54) is 4.90 Å². The van der Waals surface area contributed by atoms with Crippen LogP contribution in [0, 0.1) is 0 Å². The first-order valence-corrected chi connectivity index (χ1v) is 5.95. The minimum absolute atomic E-state index is 0.0365. The van der Waals surface area contributed by atoms with Crippen molar-refractivity contribution in [2.75, 3.05) is 19.8 Å². The van der Waals surface area contributed by atoms with Crippen LogP contribution in [0.1, 0.15) is 25.7 Å². The summed E-state index contributed by atoms with van der Waals surface area (Å²) in [5, 5.41) is 8.56. The summed E-state index contributed by atoms with van der Waals surface area (Å²) < 4.78 is 39.8. The fraction of sp³-hybridized carbons (Fsp3) is 0.818. The summed E-state index contributed by atoms with van der Waals surface area (Å²) in [6.07, 6.45) is -3.09. The summed E-state index contributed by atoms with van der Waals surface area (Å²) in [6.45, 7) is -1.59. The molecule has 1 rings (SSSR count). The number of carbonyl (C=O) groups is 2. The van der Waals surface area contributed by atoms with Gasteiger partial charge < -0.3 is 14.7 Å². The summed E-state index contributed by atoms with van der Waals surface area (Å²) in [6, 6.07) is 0.0365. The van der Waals surface area contributed by atoms with Crippen LogP contribution < -0.4 is 0 Å². The van der Waals surface area contributed by atoms with Crippen LogP contribution in [0.15, 0.2) is 0 Å². The van der Waals surface area contributed by atoms with Crippen molar-refractivity contribution in [2.24, 2.45) is 0 Å². The van der Waals surface area contributed by atoms with E-state index in [-0.39, 0.29) is 37.9 Å². The van der Waals surface area contributed by atoms with Gasteiger partial charge in [0, 0.05) is 12.6 Å². The van der Waals surface area contributed by atoms with Crippen LogP contribution in [-0.4, -0.2) is 53.9 Å². The third kappa shape index (κ3) is 7.00. The van der Waals surface area contributed by atoms with E-state index in [1.807, 2.05) is 0 Å². The number of alkyl halides is 3. The first-order valence-electron chi connectivity index (χ1n) is 5.95. The molecule has 0 unspecified atom stereocenters. The molecule has 1 amide bonds. The third-order valence-electron chi connectivity index (χ3n) is 2.60. The number of hydrogen-bond donors (Lipinski definition) is 1. The van der Waals surface area contributed by atoms with Gasteiger partial charge in [-0.1, -0.05) is 0 Å². The SMILES string of the molecule is O=C(O)CCN(C(=O)CCOCC(F)(F)F)C1CC1. The summed E-state index contributed by atoms with van der Waals surface area (Å²) in [5.41, 5.74) is 0. The molecular formula is C11H16F3NO4. The number of hydrogen-bond acceptors (Lipinski definition) is 3. The molecule has 0 aromatic rings. The van der Waals surface area contributed by atoms with Crippen LogP contribution in [-0.2, 0) is 14.3 Å². The van der Waals surface area contributed by atoms with Gasteiger partial charge in [0.1, 0.15) is 6.61 Å². The van der Waals surface area contributed by atoms with Crippen molar-refractivity contribution in [1.29, 1.82) is 0 Å². The Bertz CT molecular complexity index is 328. The van der Waals surface area contributed by atoms with Gasteiger partial charge >= 0.3 is 12.1 Å². The lowest BCUT2D eigenvalue weighted by Gasteiger charge is -2.21. The van der Waals surface area contributed by atoms with Crippen molar-refractivity contribution in [3.8, 4) is 0 Å². The summed E-state index contributed by atoms with van der Waals surface area (Å²) in [5.74, 6) is -1.36. The number of ether oxygens (including phenoxy) is 1. The molecule has 0 aliphatic heterocycles. The molecule has 0 bridgehead atoms. The number of carboxylic acids is 1. The van der Waals surface area contributed by atoms with E-state index in [0.29, 0.717) is 0 Å². The predicted octanol–water partition coefficient (Wildman–Crippen LogP) is 1.42. The lowest BCUT2D eigenvalue weighted by molar-refractivity contribution is -0.175. The summed E-state index contributed by atoms with van der Waals surface area (Å²) in [7, 11) is 0. The number of carbonyl (C=O) groups excluding carboxylic acids is 1. The molecule has 19 heavy (non-hydrogen) atoms. The maximum atomic E-state index is 11.8. The average Bonchev–Trinajstić information content (AvgIpc) is 3.07. The molecule has 1 N–H and O–H groups in total. The Balaban J connectivity index is 2.26. The van der Waals surface area contributed by atoms with Crippen molar-refractivity contribution < 1.29 is 32.6 Å². The van der Waals surface area contributed by atoms with Crippen LogP contribution in [0.5, 0.6) is 0 Å². The predicted molar refractivity (Wildman–Crippen MR) is 58.5 cm³/mol. The Hall–Kier alpha value is -1.31. The highest BCUT2D eigenvalue weighted by molar-refractivity contribution is 5.77. The van der Waals surface area contributed by atoms with Crippen molar-refractivity contribution in [2.45, 2.75) is 37.9 Å². The second kappa shape index (κ2) is 6.74. The highest BCUT2D eigenvalue weighted by Crippen LogP contribution is 2.27. The largest absolute Gasteiger partial charge is 0.481 e. The van der Waals surface area contributed by atoms with Crippen LogP contribution in [0.25, 0.3) is 0 Å². The lowest BCUT2D eigenvalue weighted by Crippen LogP contribution is -2.35. The minimum Gasteiger partial charge on any atom is -0.481 e. The second-order valence-corrected chi connectivity index (χ2v) is 4.38. The lowest BCUT2D eigenvalue weighted by atomic mass is 10.3. The van der Waals surface area contributed by atoms with Crippen molar-refractivity contribution in [3.05, 3.63) is 0 Å². The van der Waals surface area contributed by atoms with Gasteiger partial charge in [0.15, 0.2) is 0 Å². The van der Waals surface area contributed by atoms with Crippen LogP contribution >= 0.6 is 0 Å². The van der Waals surface area contributed by atoms with E-state index >= 15 is 0 Å². The molecule has 1 saturated carbocycles. The number of rotatable bonds is 8.